The molecule has 0 aliphatic carbocycles. The molecule has 4 rings (SSSR count). The Kier molecular flexibility index (Phi) is 4.90. The molecule has 0 spiro atoms. The minimum absolute atomic E-state index is 0.126. The quantitative estimate of drug-likeness (QED) is 0.717. The van der Waals surface area contributed by atoms with Crippen molar-refractivity contribution in [2.75, 3.05) is 12.4 Å². The van der Waals surface area contributed by atoms with E-state index in [0.717, 1.165) is 16.8 Å². The van der Waals surface area contributed by atoms with Gasteiger partial charge in [0.15, 0.2) is 11.9 Å². The second kappa shape index (κ2) is 7.66. The average Bonchev–Trinajstić information content (AvgIpc) is 3.32. The molecule has 7 nitrogen and oxygen atoms in total. The van der Waals surface area contributed by atoms with Crippen molar-refractivity contribution in [2.24, 2.45) is 0 Å². The fraction of sp³-hybridized carbons (Fsp3) is 0.190. The van der Waals surface area contributed by atoms with Crippen LogP contribution in [0.15, 0.2) is 60.7 Å². The number of benzene rings is 2. The molecule has 2 amide bonds. The Balaban J connectivity index is 1.48. The van der Waals surface area contributed by atoms with E-state index in [1.165, 1.54) is 7.11 Å². The fourth-order valence-electron chi connectivity index (χ4n) is 3.34. The molecule has 3 aromatic rings. The molecule has 7 heteroatoms. The van der Waals surface area contributed by atoms with Crippen molar-refractivity contribution in [3.63, 3.8) is 0 Å². The normalized spacial score (nSPS) is 13.8. The fourth-order valence-corrected chi connectivity index (χ4v) is 3.34. The van der Waals surface area contributed by atoms with Gasteiger partial charge in [0.25, 0.3) is 11.8 Å². The first-order valence-corrected chi connectivity index (χ1v) is 8.96. The summed E-state index contributed by atoms with van der Waals surface area (Å²) in [6.45, 7) is 0.761. The number of hydrogen-bond donors (Lipinski definition) is 2. The van der Waals surface area contributed by atoms with Gasteiger partial charge in [-0.1, -0.05) is 48.5 Å². The number of ether oxygens (including phenoxy) is 1. The lowest BCUT2D eigenvalue weighted by Gasteiger charge is -2.22. The zero-order valence-electron chi connectivity index (χ0n) is 15.4. The average molecular weight is 376 g/mol. The second-order valence-electron chi connectivity index (χ2n) is 6.57. The number of H-pyrrole nitrogens is 1. The number of amides is 2. The van der Waals surface area contributed by atoms with Crippen molar-refractivity contribution < 1.29 is 14.3 Å². The summed E-state index contributed by atoms with van der Waals surface area (Å²) in [7, 11) is 1.53. The molecule has 2 aromatic carbocycles. The Morgan fingerprint density at radius 2 is 1.75 bits per heavy atom. The van der Waals surface area contributed by atoms with Gasteiger partial charge in [0.05, 0.1) is 18.8 Å². The molecule has 0 radical (unpaired) electrons. The number of nitrogens with zero attached hydrogens (tertiary/aromatic N) is 2. The molecule has 2 N–H and O–H groups in total. The molecule has 1 aliphatic heterocycles. The van der Waals surface area contributed by atoms with Crippen LogP contribution in [-0.4, -0.2) is 34.0 Å². The Morgan fingerprint density at radius 3 is 2.43 bits per heavy atom. The van der Waals surface area contributed by atoms with Crippen molar-refractivity contribution in [3.8, 4) is 0 Å². The topological polar surface area (TPSA) is 87.3 Å². The second-order valence-corrected chi connectivity index (χ2v) is 6.57. The van der Waals surface area contributed by atoms with Crippen molar-refractivity contribution in [1.29, 1.82) is 0 Å². The van der Waals surface area contributed by atoms with Crippen molar-refractivity contribution >= 4 is 17.6 Å². The van der Waals surface area contributed by atoms with Crippen LogP contribution in [-0.2, 0) is 22.6 Å². The van der Waals surface area contributed by atoms with E-state index in [9.17, 15) is 9.59 Å². The van der Waals surface area contributed by atoms with Crippen LogP contribution in [0.25, 0.3) is 0 Å². The zero-order chi connectivity index (χ0) is 19.5. The highest BCUT2D eigenvalue weighted by Gasteiger charge is 2.33. The van der Waals surface area contributed by atoms with Gasteiger partial charge < -0.3 is 15.0 Å². The van der Waals surface area contributed by atoms with E-state index >= 15 is 0 Å². The van der Waals surface area contributed by atoms with E-state index in [1.54, 1.807) is 29.2 Å². The Hall–Kier alpha value is -3.45. The lowest BCUT2D eigenvalue weighted by atomic mass is 10.1. The van der Waals surface area contributed by atoms with Crippen LogP contribution in [0.3, 0.4) is 0 Å². The highest BCUT2D eigenvalue weighted by molar-refractivity contribution is 6.04. The molecule has 1 atom stereocenters. The van der Waals surface area contributed by atoms with E-state index in [2.05, 4.69) is 15.5 Å². The highest BCUT2D eigenvalue weighted by Crippen LogP contribution is 2.30. The maximum Gasteiger partial charge on any atom is 0.256 e. The lowest BCUT2D eigenvalue weighted by Crippen LogP contribution is -2.32. The minimum atomic E-state index is -0.666. The molecule has 0 fully saturated rings. The van der Waals surface area contributed by atoms with E-state index in [1.807, 2.05) is 36.4 Å². The number of anilines is 1. The van der Waals surface area contributed by atoms with Crippen LogP contribution < -0.4 is 5.32 Å². The summed E-state index contributed by atoms with van der Waals surface area (Å²) in [6.07, 6.45) is -0.666. The molecule has 0 saturated heterocycles. The molecule has 0 bridgehead atoms. The molecule has 1 aromatic heterocycles. The maximum absolute atomic E-state index is 13.0. The molecule has 2 heterocycles. The molecule has 1 aliphatic rings. The summed E-state index contributed by atoms with van der Waals surface area (Å²) >= 11 is 0. The van der Waals surface area contributed by atoms with E-state index < -0.39 is 6.10 Å². The Morgan fingerprint density at radius 1 is 1.07 bits per heavy atom. The largest absolute Gasteiger partial charge is 0.367 e. The standard InChI is InChI=1S/C21H20N4O3/c1-28-18(14-8-4-2-5-9-14)21(27)25-12-16-17(13-25)23-24-19(16)22-20(26)15-10-6-3-7-11-15/h2-11,18H,12-13H2,1H3,(H2,22,23,24,26)/t18-/m1/s1. The number of aromatic nitrogens is 2. The van der Waals surface area contributed by atoms with Crippen LogP contribution in [0, 0.1) is 0 Å². The third-order valence-electron chi connectivity index (χ3n) is 4.79. The maximum atomic E-state index is 13.0. The SMILES string of the molecule is CO[C@@H](C(=O)N1Cc2[nH]nc(NC(=O)c3ccccc3)c2C1)c1ccccc1. The zero-order valence-corrected chi connectivity index (χ0v) is 15.4. The van der Waals surface area contributed by atoms with Crippen LogP contribution >= 0.6 is 0 Å². The number of aromatic amines is 1. The summed E-state index contributed by atoms with van der Waals surface area (Å²) in [4.78, 5) is 27.1. The summed E-state index contributed by atoms with van der Waals surface area (Å²) < 4.78 is 5.45. The number of hydrogen-bond acceptors (Lipinski definition) is 4. The van der Waals surface area contributed by atoms with Crippen LogP contribution in [0.5, 0.6) is 0 Å². The van der Waals surface area contributed by atoms with Gasteiger partial charge in [-0.3, -0.25) is 14.7 Å². The summed E-state index contributed by atoms with van der Waals surface area (Å²) in [5, 5.41) is 9.94. The van der Waals surface area contributed by atoms with Crippen molar-refractivity contribution in [3.05, 3.63) is 83.0 Å². The highest BCUT2D eigenvalue weighted by atomic mass is 16.5. The predicted molar refractivity (Wildman–Crippen MR) is 103 cm³/mol. The van der Waals surface area contributed by atoms with Crippen LogP contribution in [0.4, 0.5) is 5.82 Å². The first-order chi connectivity index (χ1) is 13.7. The number of rotatable bonds is 5. The minimum Gasteiger partial charge on any atom is -0.367 e. The predicted octanol–water partition coefficient (Wildman–Crippen LogP) is 2.89. The smallest absolute Gasteiger partial charge is 0.256 e. The number of methoxy groups -OCH3 is 1. The van der Waals surface area contributed by atoms with Gasteiger partial charge in [-0.05, 0) is 17.7 Å². The number of fused-ring (bicyclic) bond motifs is 1. The van der Waals surface area contributed by atoms with Gasteiger partial charge >= 0.3 is 0 Å². The summed E-state index contributed by atoms with van der Waals surface area (Å²) in [5.74, 6) is 0.0881. The van der Waals surface area contributed by atoms with E-state index in [-0.39, 0.29) is 11.8 Å². The van der Waals surface area contributed by atoms with Crippen molar-refractivity contribution in [2.45, 2.75) is 19.2 Å². The summed E-state index contributed by atoms with van der Waals surface area (Å²) in [6, 6.07) is 18.3. The molecular weight excluding hydrogens is 356 g/mol. The van der Waals surface area contributed by atoms with Crippen molar-refractivity contribution in [1.82, 2.24) is 15.1 Å². The monoisotopic (exact) mass is 376 g/mol. The van der Waals surface area contributed by atoms with Gasteiger partial charge in [-0.25, -0.2) is 0 Å². The third-order valence-corrected chi connectivity index (χ3v) is 4.79. The molecular formula is C21H20N4O3. The Labute approximate surface area is 162 Å². The van der Waals surface area contributed by atoms with Crippen LogP contribution in [0.1, 0.15) is 33.3 Å². The molecule has 28 heavy (non-hydrogen) atoms. The Bertz CT molecular complexity index is 985. The van der Waals surface area contributed by atoms with Crippen LogP contribution in [0.2, 0.25) is 0 Å². The van der Waals surface area contributed by atoms with E-state index in [0.29, 0.717) is 24.5 Å². The number of carbonyl (C=O) groups excluding carboxylic acids is 2. The molecule has 0 saturated carbocycles. The third kappa shape index (κ3) is 3.39. The number of carbonyl (C=O) groups is 2. The summed E-state index contributed by atoms with van der Waals surface area (Å²) in [5.41, 5.74) is 3.00. The number of nitrogens with one attached hydrogen (secondary N) is 2. The van der Waals surface area contributed by atoms with Gasteiger partial charge in [0.2, 0.25) is 0 Å². The van der Waals surface area contributed by atoms with Gasteiger partial charge in [0.1, 0.15) is 0 Å². The molecule has 142 valence electrons. The molecule has 0 unspecified atom stereocenters. The van der Waals surface area contributed by atoms with Gasteiger partial charge in [0, 0.05) is 18.2 Å². The lowest BCUT2D eigenvalue weighted by molar-refractivity contribution is -0.143. The van der Waals surface area contributed by atoms with E-state index in [4.69, 9.17) is 4.74 Å². The van der Waals surface area contributed by atoms with Gasteiger partial charge in [-0.2, -0.15) is 5.10 Å². The first kappa shape index (κ1) is 17.9. The first-order valence-electron chi connectivity index (χ1n) is 8.96. The van der Waals surface area contributed by atoms with Gasteiger partial charge in [-0.15, -0.1) is 0 Å².